The van der Waals surface area contributed by atoms with E-state index in [-0.39, 0.29) is 70.5 Å². The summed E-state index contributed by atoms with van der Waals surface area (Å²) in [5.74, 6) is -3.03. The molecule has 14 nitrogen and oxygen atoms in total. The largest absolute Gasteiger partial charge is 0.478 e. The summed E-state index contributed by atoms with van der Waals surface area (Å²) < 4.78 is 42.7. The van der Waals surface area contributed by atoms with Crippen LogP contribution >= 0.6 is 11.8 Å². The normalized spacial score (nSPS) is 10.9. The van der Waals surface area contributed by atoms with Crippen LogP contribution in [0, 0.1) is 16.6 Å². The molecule has 6 aromatic rings. The van der Waals surface area contributed by atoms with Crippen molar-refractivity contribution in [1.82, 2.24) is 34.3 Å². The summed E-state index contributed by atoms with van der Waals surface area (Å²) in [6.45, 7) is 7.25. The monoisotopic (exact) mass is 900 g/mol. The topological polar surface area (TPSA) is 210 Å². The van der Waals surface area contributed by atoms with Crippen LogP contribution in [0.15, 0.2) is 85.3 Å². The van der Waals surface area contributed by atoms with E-state index < -0.39 is 29.8 Å². The molecule has 6 rings (SSSR count). The quantitative estimate of drug-likeness (QED) is 0.0784. The molecule has 0 aliphatic heterocycles. The summed E-state index contributed by atoms with van der Waals surface area (Å²) in [4.78, 5) is 50.5. The van der Waals surface area contributed by atoms with Crippen molar-refractivity contribution in [3.8, 4) is 50.8 Å². The molecule has 0 unspecified atom stereocenters. The predicted octanol–water partition coefficient (Wildman–Crippen LogP) is 8.12. The van der Waals surface area contributed by atoms with Gasteiger partial charge in [0.1, 0.15) is 11.3 Å². The average molecular weight is 900 g/mol. The molecule has 19 heteroatoms. The van der Waals surface area contributed by atoms with Gasteiger partial charge in [-0.25, -0.2) is 19.4 Å². The van der Waals surface area contributed by atoms with Gasteiger partial charge in [0.25, 0.3) is 0 Å². The van der Waals surface area contributed by atoms with Crippen molar-refractivity contribution in [3.63, 3.8) is 0 Å². The first-order valence-electron chi connectivity index (χ1n) is 17.1. The summed E-state index contributed by atoms with van der Waals surface area (Å²) >= 11 is 0.814. The summed E-state index contributed by atoms with van der Waals surface area (Å²) in [7, 11) is 0. The second-order valence-corrected chi connectivity index (χ2v) is 13.4. The van der Waals surface area contributed by atoms with E-state index in [1.807, 2.05) is 17.5 Å². The van der Waals surface area contributed by atoms with Crippen LogP contribution in [0.1, 0.15) is 63.2 Å². The number of thiocyanates is 1. The molecular formula is C39H33F3N8O6RuS. The van der Waals surface area contributed by atoms with Gasteiger partial charge in [-0.2, -0.15) is 23.5 Å². The van der Waals surface area contributed by atoms with Gasteiger partial charge in [-0.3, -0.25) is 19.6 Å². The van der Waals surface area contributed by atoms with Gasteiger partial charge in [0.2, 0.25) is 0 Å². The molecule has 6 heterocycles. The molecule has 0 fully saturated rings. The van der Waals surface area contributed by atoms with Gasteiger partial charge in [-0.1, -0.05) is 13.8 Å². The number of alkyl halides is 3. The van der Waals surface area contributed by atoms with Crippen LogP contribution < -0.4 is 0 Å². The number of rotatable bonds is 12. The smallest absolute Gasteiger partial charge is 0.435 e. The van der Waals surface area contributed by atoms with E-state index in [9.17, 15) is 32.7 Å². The van der Waals surface area contributed by atoms with E-state index in [4.69, 9.17) is 15.5 Å². The Morgan fingerprint density at radius 1 is 0.776 bits per heavy atom. The number of pyridine rings is 4. The first kappa shape index (κ1) is 44.5. The Kier molecular flexibility index (Phi) is 14.8. The van der Waals surface area contributed by atoms with Gasteiger partial charge in [0.05, 0.1) is 50.9 Å². The molecule has 3 N–H and O–H groups in total. The molecule has 0 saturated heterocycles. The number of carboxylic acids is 3. The Balaban J connectivity index is 0.000000254. The summed E-state index contributed by atoms with van der Waals surface area (Å²) in [6.07, 6.45) is 0.618. The minimum absolute atomic E-state index is 0. The van der Waals surface area contributed by atoms with Crippen molar-refractivity contribution in [2.75, 3.05) is 0 Å². The molecule has 0 amide bonds. The molecule has 58 heavy (non-hydrogen) atoms. The van der Waals surface area contributed by atoms with Gasteiger partial charge >= 0.3 is 24.1 Å². The number of carbonyl (C=O) groups is 3. The third-order valence-electron chi connectivity index (χ3n) is 8.26. The average Bonchev–Trinajstić information content (AvgIpc) is 3.81. The number of nitriles is 1. The molecule has 300 valence electrons. The van der Waals surface area contributed by atoms with Crippen molar-refractivity contribution >= 4 is 29.7 Å². The summed E-state index contributed by atoms with van der Waals surface area (Å²) in [5.41, 5.74) is 3.13. The van der Waals surface area contributed by atoms with Gasteiger partial charge in [0.15, 0.2) is 5.69 Å². The fourth-order valence-corrected chi connectivity index (χ4v) is 6.08. The minimum Gasteiger partial charge on any atom is -0.478 e. The van der Waals surface area contributed by atoms with E-state index in [1.54, 1.807) is 12.3 Å². The van der Waals surface area contributed by atoms with Crippen LogP contribution in [-0.2, 0) is 44.5 Å². The van der Waals surface area contributed by atoms with Crippen LogP contribution in [0.5, 0.6) is 0 Å². The Hall–Kier alpha value is -6.25. The zero-order valence-corrected chi connectivity index (χ0v) is 33.4. The van der Waals surface area contributed by atoms with Crippen molar-refractivity contribution in [2.24, 2.45) is 5.92 Å². The minimum atomic E-state index is -4.56. The molecular weight excluding hydrogens is 867 g/mol. The predicted molar refractivity (Wildman–Crippen MR) is 203 cm³/mol. The molecule has 0 aliphatic carbocycles. The van der Waals surface area contributed by atoms with E-state index >= 15 is 0 Å². The number of thioether (sulfide) groups is 1. The van der Waals surface area contributed by atoms with E-state index in [2.05, 4.69) is 56.4 Å². The van der Waals surface area contributed by atoms with Crippen LogP contribution in [-0.4, -0.2) is 67.5 Å². The van der Waals surface area contributed by atoms with Gasteiger partial charge in [-0.15, -0.1) is 0 Å². The zero-order chi connectivity index (χ0) is 41.4. The number of nitrogens with zero attached hydrogens (tertiary/aromatic N) is 8. The van der Waals surface area contributed by atoms with Crippen LogP contribution in [0.4, 0.5) is 13.2 Å². The van der Waals surface area contributed by atoms with Crippen LogP contribution in [0.2, 0.25) is 0 Å². The molecule has 0 atom stereocenters. The number of carboxylic acid groups (broad SMARTS) is 3. The zero-order valence-electron chi connectivity index (χ0n) is 30.8. The number of aromatic carboxylic acids is 3. The molecule has 6 aromatic heterocycles. The maximum atomic E-state index is 13.1. The van der Waals surface area contributed by atoms with E-state index in [0.717, 1.165) is 46.7 Å². The molecule has 0 bridgehead atoms. The Morgan fingerprint density at radius 2 is 1.34 bits per heavy atom. The standard InChI is InChI=1S/C21H22F3N5S.C18H11N3O6.Ru/c1-4-28-16(9-14(2)3)6-8-18(28)15-5-7-17(26-11-15)19-10-20(21(22,23)24)27-29(19)13-30-12-25;22-16(23)9-1-3-19-12(5-9)14-7-11(18(26)27)8-15(21-14)13-6-10(17(24)25)2-4-20-13;/h5-8,10-11,14H,4,9,13H2,1-3H3;1-8H,(H,22,23)(H,24,25)(H,26,27);. The second kappa shape index (κ2) is 19.3. The van der Waals surface area contributed by atoms with Gasteiger partial charge < -0.3 is 19.9 Å². The fourth-order valence-electron chi connectivity index (χ4n) is 5.70. The maximum absolute atomic E-state index is 13.1. The molecule has 0 saturated carbocycles. The second-order valence-electron chi connectivity index (χ2n) is 12.7. The molecule has 0 aromatic carbocycles. The fraction of sp³-hybridized carbons (Fsp3) is 0.205. The Morgan fingerprint density at radius 3 is 1.81 bits per heavy atom. The number of aromatic nitrogens is 7. The number of halogens is 3. The Bertz CT molecular complexity index is 2410. The molecule has 0 spiro atoms. The van der Waals surface area contributed by atoms with Gasteiger partial charge in [-0.05, 0) is 97.8 Å². The van der Waals surface area contributed by atoms with E-state index in [1.165, 1.54) is 54.5 Å². The first-order chi connectivity index (χ1) is 27.1. The SMILES string of the molecule is CCn1c(CC(C)C)ccc1-c1ccc(-c2cc(C(F)(F)F)nn2CSC#N)nc1.O=C(O)c1ccnc(-c2cc(C(=O)O)cc(-c3cc(C(=O)O)ccn3)n2)c1.[Ru]. The number of hydrogen-bond donors (Lipinski definition) is 3. The molecule has 0 radical (unpaired) electrons. The summed E-state index contributed by atoms with van der Waals surface area (Å²) in [5, 5.41) is 41.8. The van der Waals surface area contributed by atoms with Crippen LogP contribution in [0.25, 0.3) is 45.4 Å². The van der Waals surface area contributed by atoms with Crippen molar-refractivity contribution in [1.29, 1.82) is 5.26 Å². The summed E-state index contributed by atoms with van der Waals surface area (Å²) in [6, 6.07) is 16.3. The third kappa shape index (κ3) is 10.8. The third-order valence-corrected chi connectivity index (χ3v) is 8.76. The van der Waals surface area contributed by atoms with Crippen molar-refractivity contribution < 1.29 is 62.4 Å². The van der Waals surface area contributed by atoms with Gasteiger partial charge in [0, 0.05) is 61.6 Å². The van der Waals surface area contributed by atoms with Crippen molar-refractivity contribution in [3.05, 3.63) is 113 Å². The molecule has 0 aliphatic rings. The first-order valence-corrected chi connectivity index (χ1v) is 18.0. The van der Waals surface area contributed by atoms with Crippen molar-refractivity contribution in [2.45, 2.75) is 45.8 Å². The maximum Gasteiger partial charge on any atom is 0.435 e. The van der Waals surface area contributed by atoms with Crippen LogP contribution in [0.3, 0.4) is 0 Å². The van der Waals surface area contributed by atoms with E-state index in [0.29, 0.717) is 11.6 Å². The number of hydrogen-bond acceptors (Lipinski definition) is 10. The Labute approximate surface area is 346 Å².